The quantitative estimate of drug-likeness (QED) is 0.561. The van der Waals surface area contributed by atoms with Gasteiger partial charge in [0.05, 0.1) is 13.2 Å². The van der Waals surface area contributed by atoms with Gasteiger partial charge in [0.15, 0.2) is 0 Å². The molecule has 2 fully saturated rings. The van der Waals surface area contributed by atoms with Crippen LogP contribution in [-0.4, -0.2) is 49.2 Å². The predicted octanol–water partition coefficient (Wildman–Crippen LogP) is 0.237. The van der Waals surface area contributed by atoms with Gasteiger partial charge in [-0.1, -0.05) is 5.92 Å². The van der Waals surface area contributed by atoms with E-state index in [4.69, 9.17) is 11.2 Å². The Morgan fingerprint density at radius 2 is 2.47 bits per heavy atom. The van der Waals surface area contributed by atoms with Gasteiger partial charge in [-0.05, 0) is 26.3 Å². The maximum atomic E-state index is 12.2. The van der Waals surface area contributed by atoms with Gasteiger partial charge in [0.2, 0.25) is 0 Å². The first-order chi connectivity index (χ1) is 8.23. The van der Waals surface area contributed by atoms with Gasteiger partial charge in [-0.15, -0.1) is 6.42 Å². The van der Waals surface area contributed by atoms with Crippen molar-refractivity contribution in [1.82, 2.24) is 10.2 Å². The van der Waals surface area contributed by atoms with Crippen molar-refractivity contribution in [2.75, 3.05) is 32.8 Å². The monoisotopic (exact) mass is 236 g/mol. The minimum Gasteiger partial charge on any atom is -0.465 e. The molecule has 4 heteroatoms. The van der Waals surface area contributed by atoms with E-state index in [9.17, 15) is 4.79 Å². The van der Waals surface area contributed by atoms with Crippen LogP contribution in [0.3, 0.4) is 0 Å². The number of nitrogens with one attached hydrogen (secondary N) is 1. The van der Waals surface area contributed by atoms with Crippen LogP contribution < -0.4 is 5.32 Å². The normalized spacial score (nSPS) is 35.3. The summed E-state index contributed by atoms with van der Waals surface area (Å²) in [6.45, 7) is 5.72. The smallest absolute Gasteiger partial charge is 0.326 e. The number of piperidine rings is 1. The highest BCUT2D eigenvalue weighted by Crippen LogP contribution is 2.36. The van der Waals surface area contributed by atoms with Crippen molar-refractivity contribution in [3.8, 4) is 12.3 Å². The van der Waals surface area contributed by atoms with Crippen LogP contribution in [0.5, 0.6) is 0 Å². The molecule has 0 aromatic rings. The molecule has 2 bridgehead atoms. The van der Waals surface area contributed by atoms with E-state index in [2.05, 4.69) is 16.1 Å². The second-order valence-corrected chi connectivity index (χ2v) is 4.79. The second-order valence-electron chi connectivity index (χ2n) is 4.79. The molecular formula is C13H20N2O2. The van der Waals surface area contributed by atoms with Gasteiger partial charge >= 0.3 is 5.97 Å². The standard InChI is InChI=1S/C13H20N2O2/c1-3-7-14-13(12(16)17-4-2)6-9-15-8-5-11(13)10-15/h1,11,14H,4-10H2,2H3. The number of hydrogen-bond acceptors (Lipinski definition) is 4. The topological polar surface area (TPSA) is 41.6 Å². The molecule has 3 unspecified atom stereocenters. The summed E-state index contributed by atoms with van der Waals surface area (Å²) in [5.74, 6) is 2.78. The number of hydrogen-bond donors (Lipinski definition) is 1. The van der Waals surface area contributed by atoms with Gasteiger partial charge in [-0.3, -0.25) is 10.1 Å². The van der Waals surface area contributed by atoms with Crippen molar-refractivity contribution in [3.63, 3.8) is 0 Å². The maximum Gasteiger partial charge on any atom is 0.326 e. The van der Waals surface area contributed by atoms with Crippen LogP contribution in [0.1, 0.15) is 19.8 Å². The number of fused-ring (bicyclic) bond motifs is 2. The molecule has 0 radical (unpaired) electrons. The summed E-state index contributed by atoms with van der Waals surface area (Å²) in [5, 5.41) is 3.26. The molecule has 0 aliphatic carbocycles. The molecule has 2 rings (SSSR count). The Morgan fingerprint density at radius 1 is 1.65 bits per heavy atom. The SMILES string of the molecule is C#CCNC1(C(=O)OCC)CCN2CCC1C2. The zero-order valence-electron chi connectivity index (χ0n) is 10.4. The van der Waals surface area contributed by atoms with Crippen molar-refractivity contribution in [2.45, 2.75) is 25.3 Å². The maximum absolute atomic E-state index is 12.2. The molecular weight excluding hydrogens is 216 g/mol. The fraction of sp³-hybridized carbons (Fsp3) is 0.769. The summed E-state index contributed by atoms with van der Waals surface area (Å²) in [6.07, 6.45) is 7.16. The zero-order valence-corrected chi connectivity index (χ0v) is 10.4. The van der Waals surface area contributed by atoms with Gasteiger partial charge in [0.1, 0.15) is 5.54 Å². The molecule has 2 heterocycles. The van der Waals surface area contributed by atoms with Crippen LogP contribution in [-0.2, 0) is 9.53 Å². The molecule has 0 amide bonds. The van der Waals surface area contributed by atoms with E-state index in [1.165, 1.54) is 0 Å². The Labute approximate surface area is 103 Å². The fourth-order valence-corrected chi connectivity index (χ4v) is 3.02. The number of esters is 1. The van der Waals surface area contributed by atoms with Crippen LogP contribution in [0, 0.1) is 18.3 Å². The van der Waals surface area contributed by atoms with Crippen LogP contribution in [0.4, 0.5) is 0 Å². The van der Waals surface area contributed by atoms with E-state index < -0.39 is 5.54 Å². The average Bonchev–Trinajstić information content (AvgIpc) is 2.73. The zero-order chi connectivity index (χ0) is 12.3. The summed E-state index contributed by atoms with van der Waals surface area (Å²) >= 11 is 0. The minimum atomic E-state index is -0.546. The van der Waals surface area contributed by atoms with Crippen molar-refractivity contribution < 1.29 is 9.53 Å². The van der Waals surface area contributed by atoms with Gasteiger partial charge in [0.25, 0.3) is 0 Å². The Hall–Kier alpha value is -1.05. The number of nitrogens with zero attached hydrogens (tertiary/aromatic N) is 1. The number of carbonyl (C=O) groups is 1. The lowest BCUT2D eigenvalue weighted by Gasteiger charge is -2.41. The lowest BCUT2D eigenvalue weighted by atomic mass is 9.78. The van der Waals surface area contributed by atoms with E-state index in [0.29, 0.717) is 19.1 Å². The van der Waals surface area contributed by atoms with Crippen LogP contribution in [0.25, 0.3) is 0 Å². The molecule has 17 heavy (non-hydrogen) atoms. The van der Waals surface area contributed by atoms with Crippen LogP contribution in [0.15, 0.2) is 0 Å². The fourth-order valence-electron chi connectivity index (χ4n) is 3.02. The summed E-state index contributed by atoms with van der Waals surface area (Å²) in [4.78, 5) is 14.6. The van der Waals surface area contributed by atoms with E-state index in [1.54, 1.807) is 0 Å². The molecule has 94 valence electrons. The number of rotatable bonds is 4. The summed E-state index contributed by atoms with van der Waals surface area (Å²) in [5.41, 5.74) is -0.546. The van der Waals surface area contributed by atoms with Crippen molar-refractivity contribution in [3.05, 3.63) is 0 Å². The van der Waals surface area contributed by atoms with Crippen molar-refractivity contribution in [2.24, 2.45) is 5.92 Å². The third-order valence-electron chi connectivity index (χ3n) is 3.94. The molecule has 2 aliphatic rings. The lowest BCUT2D eigenvalue weighted by molar-refractivity contribution is -0.155. The molecule has 0 aromatic carbocycles. The number of terminal acetylenes is 1. The molecule has 0 aromatic heterocycles. The molecule has 2 saturated heterocycles. The Bertz CT molecular complexity index is 337. The number of carbonyl (C=O) groups excluding carboxylic acids is 1. The Balaban J connectivity index is 2.17. The highest BCUT2D eigenvalue weighted by Gasteiger charge is 2.51. The van der Waals surface area contributed by atoms with E-state index >= 15 is 0 Å². The van der Waals surface area contributed by atoms with Gasteiger partial charge in [-0.2, -0.15) is 0 Å². The first kappa shape index (κ1) is 12.4. The minimum absolute atomic E-state index is 0.123. The third kappa shape index (κ3) is 2.18. The van der Waals surface area contributed by atoms with Gasteiger partial charge in [0, 0.05) is 19.0 Å². The first-order valence-corrected chi connectivity index (χ1v) is 6.31. The first-order valence-electron chi connectivity index (χ1n) is 6.31. The van der Waals surface area contributed by atoms with Gasteiger partial charge < -0.3 is 9.64 Å². The molecule has 2 aliphatic heterocycles. The van der Waals surface area contributed by atoms with E-state index in [-0.39, 0.29) is 5.97 Å². The Kier molecular flexibility index (Phi) is 3.70. The molecule has 0 saturated carbocycles. The summed E-state index contributed by atoms with van der Waals surface area (Å²) in [6, 6.07) is 0. The van der Waals surface area contributed by atoms with Crippen molar-refractivity contribution in [1.29, 1.82) is 0 Å². The van der Waals surface area contributed by atoms with Crippen LogP contribution >= 0.6 is 0 Å². The van der Waals surface area contributed by atoms with Crippen molar-refractivity contribution >= 4 is 5.97 Å². The molecule has 1 N–H and O–H groups in total. The molecule has 3 atom stereocenters. The average molecular weight is 236 g/mol. The highest BCUT2D eigenvalue weighted by atomic mass is 16.5. The number of ether oxygens (including phenoxy) is 1. The third-order valence-corrected chi connectivity index (χ3v) is 3.94. The predicted molar refractivity (Wildman–Crippen MR) is 65.4 cm³/mol. The van der Waals surface area contributed by atoms with Gasteiger partial charge in [-0.25, -0.2) is 0 Å². The Morgan fingerprint density at radius 3 is 3.18 bits per heavy atom. The largest absolute Gasteiger partial charge is 0.465 e. The molecule has 4 nitrogen and oxygen atoms in total. The van der Waals surface area contributed by atoms with E-state index in [1.807, 2.05) is 6.92 Å². The van der Waals surface area contributed by atoms with E-state index in [0.717, 1.165) is 32.5 Å². The molecule has 0 spiro atoms. The van der Waals surface area contributed by atoms with Crippen LogP contribution in [0.2, 0.25) is 0 Å². The highest BCUT2D eigenvalue weighted by molar-refractivity contribution is 5.81. The summed E-state index contributed by atoms with van der Waals surface area (Å²) < 4.78 is 5.24. The summed E-state index contributed by atoms with van der Waals surface area (Å²) in [7, 11) is 0. The second kappa shape index (κ2) is 5.07. The lowest BCUT2D eigenvalue weighted by Crippen LogP contribution is -2.62.